The maximum atomic E-state index is 6.27. The van der Waals surface area contributed by atoms with Gasteiger partial charge in [0, 0.05) is 31.0 Å². The minimum Gasteiger partial charge on any atom is -0.389 e. The lowest BCUT2D eigenvalue weighted by Gasteiger charge is -2.18. The predicted molar refractivity (Wildman–Crippen MR) is 96.1 cm³/mol. The van der Waals surface area contributed by atoms with Crippen LogP contribution in [0.2, 0.25) is 5.02 Å². The average Bonchev–Trinajstić information content (AvgIpc) is 2.42. The first-order valence-corrected chi connectivity index (χ1v) is 7.31. The van der Waals surface area contributed by atoms with Gasteiger partial charge in [-0.1, -0.05) is 29.9 Å². The van der Waals surface area contributed by atoms with Crippen LogP contribution in [0.3, 0.4) is 0 Å². The number of rotatable bonds is 4. The van der Waals surface area contributed by atoms with Gasteiger partial charge in [0.15, 0.2) is 0 Å². The molecule has 0 unspecified atom stereocenters. The summed E-state index contributed by atoms with van der Waals surface area (Å²) in [6, 6.07) is 11.7. The van der Waals surface area contributed by atoms with Gasteiger partial charge in [0.2, 0.25) is 0 Å². The molecule has 0 heterocycles. The third kappa shape index (κ3) is 3.65. The molecule has 0 atom stereocenters. The molecule has 0 aliphatic rings. The number of thiocarbonyl (C=S) groups is 1. The lowest BCUT2D eigenvalue weighted by molar-refractivity contribution is 1.11. The highest BCUT2D eigenvalue weighted by molar-refractivity contribution is 7.80. The maximum absolute atomic E-state index is 6.27. The van der Waals surface area contributed by atoms with Crippen LogP contribution in [0, 0.1) is 6.92 Å². The van der Waals surface area contributed by atoms with E-state index >= 15 is 0 Å². The zero-order valence-electron chi connectivity index (χ0n) is 12.3. The molecular weight excluding hydrogens is 302 g/mol. The molecule has 3 nitrogen and oxygen atoms in total. The lowest BCUT2D eigenvalue weighted by Crippen LogP contribution is -2.10. The Labute approximate surface area is 135 Å². The number of hydrogen-bond donors (Lipinski definition) is 2. The molecule has 2 aromatic rings. The number of anilines is 3. The second-order valence-electron chi connectivity index (χ2n) is 5.08. The minimum absolute atomic E-state index is 0.341. The Balaban J connectivity index is 2.30. The number of nitrogens with two attached hydrogens (primary N) is 1. The molecule has 2 rings (SSSR count). The van der Waals surface area contributed by atoms with Crippen LogP contribution >= 0.6 is 23.8 Å². The van der Waals surface area contributed by atoms with E-state index in [0.29, 0.717) is 10.0 Å². The quantitative estimate of drug-likeness (QED) is 0.833. The van der Waals surface area contributed by atoms with E-state index in [2.05, 4.69) is 29.3 Å². The molecule has 5 heteroatoms. The third-order valence-electron chi connectivity index (χ3n) is 3.22. The number of benzene rings is 2. The van der Waals surface area contributed by atoms with E-state index in [0.717, 1.165) is 22.6 Å². The van der Waals surface area contributed by atoms with Gasteiger partial charge in [-0.2, -0.15) is 0 Å². The molecule has 0 amide bonds. The SMILES string of the molecule is Cc1ccc(Nc2ccc(C(N)=S)cc2Cl)cc1N(C)C. The maximum Gasteiger partial charge on any atom is 0.104 e. The van der Waals surface area contributed by atoms with Crippen molar-refractivity contribution < 1.29 is 0 Å². The first kappa shape index (κ1) is 15.6. The summed E-state index contributed by atoms with van der Waals surface area (Å²) >= 11 is 11.2. The van der Waals surface area contributed by atoms with Crippen molar-refractivity contribution >= 4 is 45.9 Å². The van der Waals surface area contributed by atoms with Crippen molar-refractivity contribution in [3.05, 3.63) is 52.5 Å². The van der Waals surface area contributed by atoms with Crippen LogP contribution in [0.1, 0.15) is 11.1 Å². The predicted octanol–water partition coefficient (Wildman–Crippen LogP) is 4.09. The fourth-order valence-corrected chi connectivity index (χ4v) is 2.45. The summed E-state index contributed by atoms with van der Waals surface area (Å²) < 4.78 is 0. The second-order valence-corrected chi connectivity index (χ2v) is 5.93. The molecule has 0 aliphatic carbocycles. The smallest absolute Gasteiger partial charge is 0.104 e. The molecule has 0 aliphatic heterocycles. The molecule has 21 heavy (non-hydrogen) atoms. The van der Waals surface area contributed by atoms with Gasteiger partial charge >= 0.3 is 0 Å². The highest BCUT2D eigenvalue weighted by atomic mass is 35.5. The number of halogens is 1. The van der Waals surface area contributed by atoms with E-state index in [9.17, 15) is 0 Å². The normalized spacial score (nSPS) is 10.3. The van der Waals surface area contributed by atoms with Crippen molar-refractivity contribution in [2.45, 2.75) is 6.92 Å². The number of nitrogens with zero attached hydrogens (tertiary/aromatic N) is 1. The van der Waals surface area contributed by atoms with Crippen LogP contribution in [0.4, 0.5) is 17.1 Å². The minimum atomic E-state index is 0.341. The van der Waals surface area contributed by atoms with Gasteiger partial charge in [-0.15, -0.1) is 0 Å². The van der Waals surface area contributed by atoms with Gasteiger partial charge in [0.05, 0.1) is 10.7 Å². The number of nitrogens with one attached hydrogen (secondary N) is 1. The van der Waals surface area contributed by atoms with Crippen LogP contribution < -0.4 is 16.0 Å². The molecule has 3 N–H and O–H groups in total. The molecular formula is C16H18ClN3S. The number of aryl methyl sites for hydroxylation is 1. The summed E-state index contributed by atoms with van der Waals surface area (Å²) in [7, 11) is 4.05. The molecule has 2 aromatic carbocycles. The average molecular weight is 320 g/mol. The highest BCUT2D eigenvalue weighted by Gasteiger charge is 2.06. The molecule has 0 aromatic heterocycles. The van der Waals surface area contributed by atoms with Crippen molar-refractivity contribution in [2.24, 2.45) is 5.73 Å². The van der Waals surface area contributed by atoms with E-state index in [1.165, 1.54) is 5.56 Å². The van der Waals surface area contributed by atoms with Crippen LogP contribution in [-0.4, -0.2) is 19.1 Å². The van der Waals surface area contributed by atoms with Crippen molar-refractivity contribution in [3.8, 4) is 0 Å². The Kier molecular flexibility index (Phi) is 4.70. The largest absolute Gasteiger partial charge is 0.389 e. The summed E-state index contributed by atoms with van der Waals surface area (Å²) in [5.41, 5.74) is 10.6. The van der Waals surface area contributed by atoms with Gasteiger partial charge in [-0.3, -0.25) is 0 Å². The first-order valence-electron chi connectivity index (χ1n) is 6.53. The van der Waals surface area contributed by atoms with Gasteiger partial charge in [0.25, 0.3) is 0 Å². The third-order valence-corrected chi connectivity index (χ3v) is 3.77. The van der Waals surface area contributed by atoms with E-state index in [1.54, 1.807) is 6.07 Å². The van der Waals surface area contributed by atoms with E-state index in [1.807, 2.05) is 32.3 Å². The molecule has 0 saturated heterocycles. The number of hydrogen-bond acceptors (Lipinski definition) is 3. The zero-order valence-corrected chi connectivity index (χ0v) is 13.8. The van der Waals surface area contributed by atoms with Crippen LogP contribution in [0.25, 0.3) is 0 Å². The molecule has 0 fully saturated rings. The summed E-state index contributed by atoms with van der Waals surface area (Å²) in [4.78, 5) is 2.42. The van der Waals surface area contributed by atoms with Crippen LogP contribution in [0.5, 0.6) is 0 Å². The van der Waals surface area contributed by atoms with Gasteiger partial charge in [0.1, 0.15) is 4.99 Å². The Morgan fingerprint density at radius 3 is 2.48 bits per heavy atom. The Hall–Kier alpha value is -1.78. The van der Waals surface area contributed by atoms with Crippen molar-refractivity contribution in [3.63, 3.8) is 0 Å². The molecule has 0 radical (unpaired) electrons. The van der Waals surface area contributed by atoms with Gasteiger partial charge < -0.3 is 16.0 Å². The molecule has 0 bridgehead atoms. The summed E-state index contributed by atoms with van der Waals surface area (Å²) in [5, 5.41) is 3.91. The van der Waals surface area contributed by atoms with Crippen molar-refractivity contribution in [2.75, 3.05) is 24.3 Å². The zero-order chi connectivity index (χ0) is 15.6. The molecule has 0 saturated carbocycles. The topological polar surface area (TPSA) is 41.3 Å². The lowest BCUT2D eigenvalue weighted by atomic mass is 10.1. The second kappa shape index (κ2) is 6.33. The van der Waals surface area contributed by atoms with Gasteiger partial charge in [-0.25, -0.2) is 0 Å². The summed E-state index contributed by atoms with van der Waals surface area (Å²) in [5.74, 6) is 0. The first-order chi connectivity index (χ1) is 9.88. The van der Waals surface area contributed by atoms with Gasteiger partial charge in [-0.05, 0) is 42.8 Å². The van der Waals surface area contributed by atoms with Crippen LogP contribution in [-0.2, 0) is 0 Å². The van der Waals surface area contributed by atoms with Crippen molar-refractivity contribution in [1.29, 1.82) is 0 Å². The Morgan fingerprint density at radius 2 is 1.90 bits per heavy atom. The Bertz CT molecular complexity index is 683. The van der Waals surface area contributed by atoms with E-state index in [4.69, 9.17) is 29.6 Å². The fourth-order valence-electron chi connectivity index (χ4n) is 2.09. The fraction of sp³-hybridized carbons (Fsp3) is 0.188. The summed E-state index contributed by atoms with van der Waals surface area (Å²) in [6.45, 7) is 2.09. The van der Waals surface area contributed by atoms with Crippen LogP contribution in [0.15, 0.2) is 36.4 Å². The molecule has 0 spiro atoms. The standard InChI is InChI=1S/C16H18ClN3S/c1-10-4-6-12(9-15(10)20(2)3)19-14-7-5-11(16(18)21)8-13(14)17/h4-9,19H,1-3H3,(H2,18,21). The summed E-state index contributed by atoms with van der Waals surface area (Å²) in [6.07, 6.45) is 0. The highest BCUT2D eigenvalue weighted by Crippen LogP contribution is 2.29. The Morgan fingerprint density at radius 1 is 1.19 bits per heavy atom. The van der Waals surface area contributed by atoms with E-state index in [-0.39, 0.29) is 0 Å². The molecule has 110 valence electrons. The van der Waals surface area contributed by atoms with E-state index < -0.39 is 0 Å². The monoisotopic (exact) mass is 319 g/mol. The van der Waals surface area contributed by atoms with Crippen molar-refractivity contribution in [1.82, 2.24) is 0 Å².